The Morgan fingerprint density at radius 3 is 2.71 bits per heavy atom. The lowest BCUT2D eigenvalue weighted by Crippen LogP contribution is -2.22. The summed E-state index contributed by atoms with van der Waals surface area (Å²) in [6, 6.07) is 14.2. The van der Waals surface area contributed by atoms with Crippen molar-refractivity contribution in [3.05, 3.63) is 59.8 Å². The minimum atomic E-state index is -1.21. The normalized spacial score (nSPS) is 10.6. The van der Waals surface area contributed by atoms with Crippen LogP contribution in [0.2, 0.25) is 0 Å². The van der Waals surface area contributed by atoms with Gasteiger partial charge < -0.3 is 20.0 Å². The van der Waals surface area contributed by atoms with Crippen molar-refractivity contribution in [2.75, 3.05) is 11.9 Å². The summed E-state index contributed by atoms with van der Waals surface area (Å²) in [5, 5.41) is 15.2. The largest absolute Gasteiger partial charge is 0.545 e. The predicted molar refractivity (Wildman–Crippen MR) is 91.7 cm³/mol. The van der Waals surface area contributed by atoms with Crippen molar-refractivity contribution in [2.24, 2.45) is 0 Å². The van der Waals surface area contributed by atoms with Crippen molar-refractivity contribution in [3.8, 4) is 5.75 Å². The number of nitrogens with zero attached hydrogens (tertiary/aromatic N) is 1. The smallest absolute Gasteiger partial charge is 0.142 e. The van der Waals surface area contributed by atoms with Crippen LogP contribution in [0.25, 0.3) is 10.9 Å². The second kappa shape index (κ2) is 6.58. The molecule has 0 amide bonds. The molecule has 1 aromatic heterocycles. The third kappa shape index (κ3) is 3.15. The number of ether oxygens (including phenoxy) is 1. The minimum Gasteiger partial charge on any atom is -0.545 e. The fraction of sp³-hybridized carbons (Fsp3) is 0.158. The average Bonchev–Trinajstić information content (AvgIpc) is 2.56. The van der Waals surface area contributed by atoms with E-state index in [9.17, 15) is 9.90 Å². The molecule has 5 heteroatoms. The molecule has 122 valence electrons. The molecule has 0 aliphatic rings. The van der Waals surface area contributed by atoms with Crippen molar-refractivity contribution in [2.45, 2.75) is 13.8 Å². The Kier molecular flexibility index (Phi) is 4.33. The third-order valence-electron chi connectivity index (χ3n) is 3.63. The molecule has 0 bridgehead atoms. The summed E-state index contributed by atoms with van der Waals surface area (Å²) < 4.78 is 5.63. The summed E-state index contributed by atoms with van der Waals surface area (Å²) >= 11 is 0. The number of carboxylic acid groups (broad SMARTS) is 1. The fourth-order valence-electron chi connectivity index (χ4n) is 2.58. The van der Waals surface area contributed by atoms with Gasteiger partial charge in [0.1, 0.15) is 5.75 Å². The highest BCUT2D eigenvalue weighted by atomic mass is 16.5. The van der Waals surface area contributed by atoms with Gasteiger partial charge in [-0.3, -0.25) is 4.98 Å². The zero-order valence-corrected chi connectivity index (χ0v) is 13.5. The maximum atomic E-state index is 11.1. The molecule has 2 aromatic carbocycles. The van der Waals surface area contributed by atoms with E-state index in [4.69, 9.17) is 4.74 Å². The Bertz CT molecular complexity index is 906. The zero-order valence-electron chi connectivity index (χ0n) is 13.5. The highest BCUT2D eigenvalue weighted by molar-refractivity contribution is 5.98. The minimum absolute atomic E-state index is 0.120. The summed E-state index contributed by atoms with van der Waals surface area (Å²) in [4.78, 5) is 15.6. The van der Waals surface area contributed by atoms with Crippen LogP contribution >= 0.6 is 0 Å². The second-order valence-electron chi connectivity index (χ2n) is 5.38. The molecule has 3 rings (SSSR count). The first kappa shape index (κ1) is 15.8. The van der Waals surface area contributed by atoms with Crippen molar-refractivity contribution < 1.29 is 14.6 Å². The molecule has 1 N–H and O–H groups in total. The van der Waals surface area contributed by atoms with Crippen LogP contribution < -0.4 is 15.2 Å². The summed E-state index contributed by atoms with van der Waals surface area (Å²) in [6.45, 7) is 4.38. The van der Waals surface area contributed by atoms with Gasteiger partial charge in [-0.15, -0.1) is 0 Å². The molecule has 0 saturated carbocycles. The molecule has 0 aliphatic heterocycles. The molecule has 0 spiro atoms. The first-order valence-electron chi connectivity index (χ1n) is 7.70. The molecular weight excluding hydrogens is 304 g/mol. The monoisotopic (exact) mass is 321 g/mol. The number of nitrogens with one attached hydrogen (secondary N) is 1. The lowest BCUT2D eigenvalue weighted by molar-refractivity contribution is -0.255. The molecule has 0 radical (unpaired) electrons. The number of pyridine rings is 1. The molecule has 5 nitrogen and oxygen atoms in total. The number of benzene rings is 2. The van der Waals surface area contributed by atoms with Crippen LogP contribution in [0.3, 0.4) is 0 Å². The van der Waals surface area contributed by atoms with E-state index in [1.807, 2.05) is 44.2 Å². The SMILES string of the molecule is CCOc1ccccc1Nc1cc(C)nc2ccc(C(=O)[O-])cc12. The van der Waals surface area contributed by atoms with Crippen LogP contribution in [0, 0.1) is 6.92 Å². The number of fused-ring (bicyclic) bond motifs is 1. The van der Waals surface area contributed by atoms with Gasteiger partial charge in [-0.1, -0.05) is 18.2 Å². The second-order valence-corrected chi connectivity index (χ2v) is 5.38. The van der Waals surface area contributed by atoms with Gasteiger partial charge in [-0.25, -0.2) is 0 Å². The van der Waals surface area contributed by atoms with Gasteiger partial charge in [0.05, 0.1) is 23.8 Å². The van der Waals surface area contributed by atoms with Crippen LogP contribution in [-0.4, -0.2) is 17.6 Å². The molecule has 0 saturated heterocycles. The van der Waals surface area contributed by atoms with Gasteiger partial charge in [0.2, 0.25) is 0 Å². The number of rotatable bonds is 5. The van der Waals surface area contributed by atoms with Gasteiger partial charge in [0.25, 0.3) is 0 Å². The number of aryl methyl sites for hydroxylation is 1. The predicted octanol–water partition coefficient (Wildman–Crippen LogP) is 3.05. The Labute approximate surface area is 139 Å². The lowest BCUT2D eigenvalue weighted by atomic mass is 10.1. The fourth-order valence-corrected chi connectivity index (χ4v) is 2.58. The maximum Gasteiger partial charge on any atom is 0.142 e. The van der Waals surface area contributed by atoms with E-state index in [1.54, 1.807) is 12.1 Å². The van der Waals surface area contributed by atoms with Crippen LogP contribution in [0.1, 0.15) is 23.0 Å². The third-order valence-corrected chi connectivity index (χ3v) is 3.63. The van der Waals surface area contributed by atoms with E-state index >= 15 is 0 Å². The van der Waals surface area contributed by atoms with Gasteiger partial charge in [-0.2, -0.15) is 0 Å². The first-order chi connectivity index (χ1) is 11.6. The standard InChI is InChI=1S/C19H18N2O3/c1-3-24-18-7-5-4-6-16(18)21-17-10-12(2)20-15-9-8-13(19(22)23)11-14(15)17/h4-11H,3H2,1-2H3,(H,20,21)(H,22,23)/p-1. The molecule has 3 aromatic rings. The van der Waals surface area contributed by atoms with Gasteiger partial charge >= 0.3 is 0 Å². The summed E-state index contributed by atoms with van der Waals surface area (Å²) in [5.74, 6) is -0.475. The Hall–Kier alpha value is -3.08. The molecule has 0 atom stereocenters. The summed E-state index contributed by atoms with van der Waals surface area (Å²) in [5.41, 5.74) is 3.25. The number of hydrogen-bond donors (Lipinski definition) is 1. The zero-order chi connectivity index (χ0) is 17.1. The number of anilines is 2. The van der Waals surface area contributed by atoms with Crippen molar-refractivity contribution in [1.29, 1.82) is 0 Å². The molecule has 0 aliphatic carbocycles. The number of carboxylic acids is 1. The molecule has 24 heavy (non-hydrogen) atoms. The number of carbonyl (C=O) groups excluding carboxylic acids is 1. The highest BCUT2D eigenvalue weighted by Crippen LogP contribution is 2.31. The Balaban J connectivity index is 2.11. The van der Waals surface area contributed by atoms with E-state index < -0.39 is 5.97 Å². The van der Waals surface area contributed by atoms with Crippen molar-refractivity contribution in [1.82, 2.24) is 4.98 Å². The van der Waals surface area contributed by atoms with Crippen LogP contribution in [0.4, 0.5) is 11.4 Å². The first-order valence-corrected chi connectivity index (χ1v) is 7.70. The number of para-hydroxylation sites is 2. The summed E-state index contributed by atoms with van der Waals surface area (Å²) in [7, 11) is 0. The number of hydrogen-bond acceptors (Lipinski definition) is 5. The quantitative estimate of drug-likeness (QED) is 0.782. The molecule has 1 heterocycles. The molecule has 0 unspecified atom stereocenters. The van der Waals surface area contributed by atoms with Crippen LogP contribution in [0.5, 0.6) is 5.75 Å². The van der Waals surface area contributed by atoms with E-state index in [-0.39, 0.29) is 5.56 Å². The number of aromatic nitrogens is 1. The lowest BCUT2D eigenvalue weighted by Gasteiger charge is -2.15. The number of carbonyl (C=O) groups is 1. The van der Waals surface area contributed by atoms with E-state index in [0.717, 1.165) is 28.3 Å². The topological polar surface area (TPSA) is 74.3 Å². The highest BCUT2D eigenvalue weighted by Gasteiger charge is 2.09. The Morgan fingerprint density at radius 2 is 1.96 bits per heavy atom. The van der Waals surface area contributed by atoms with Gasteiger partial charge in [0, 0.05) is 16.8 Å². The van der Waals surface area contributed by atoms with Crippen LogP contribution in [0.15, 0.2) is 48.5 Å². The van der Waals surface area contributed by atoms with Gasteiger partial charge in [0.15, 0.2) is 0 Å². The summed E-state index contributed by atoms with van der Waals surface area (Å²) in [6.07, 6.45) is 0. The Morgan fingerprint density at radius 1 is 1.17 bits per heavy atom. The van der Waals surface area contributed by atoms with Crippen molar-refractivity contribution >= 4 is 28.2 Å². The van der Waals surface area contributed by atoms with E-state index in [0.29, 0.717) is 12.0 Å². The number of aromatic carboxylic acids is 1. The molecular formula is C19H17N2O3-. The average molecular weight is 321 g/mol. The van der Waals surface area contributed by atoms with E-state index in [1.165, 1.54) is 6.07 Å². The van der Waals surface area contributed by atoms with Gasteiger partial charge in [-0.05, 0) is 49.7 Å². The van der Waals surface area contributed by atoms with E-state index in [2.05, 4.69) is 10.3 Å². The maximum absolute atomic E-state index is 11.1. The van der Waals surface area contributed by atoms with Crippen LogP contribution in [-0.2, 0) is 0 Å². The van der Waals surface area contributed by atoms with Crippen molar-refractivity contribution in [3.63, 3.8) is 0 Å². The molecule has 0 fully saturated rings.